The van der Waals surface area contributed by atoms with E-state index in [9.17, 15) is 4.79 Å². The van der Waals surface area contributed by atoms with Gasteiger partial charge in [0.05, 0.1) is 0 Å². The molecule has 0 aromatic heterocycles. The molecule has 5 heteroatoms. The highest BCUT2D eigenvalue weighted by molar-refractivity contribution is 5.89. The highest BCUT2D eigenvalue weighted by atomic mass is 16.2. The quantitative estimate of drug-likeness (QED) is 0.617. The van der Waals surface area contributed by atoms with Crippen LogP contribution in [0, 0.1) is 0 Å². The van der Waals surface area contributed by atoms with Gasteiger partial charge in [-0.3, -0.25) is 0 Å². The number of hydrogen-bond donors (Lipinski definition) is 4. The predicted molar refractivity (Wildman–Crippen MR) is 87.9 cm³/mol. The third-order valence-electron chi connectivity index (χ3n) is 2.94. The summed E-state index contributed by atoms with van der Waals surface area (Å²) < 4.78 is 0. The number of nitrogens with one attached hydrogen (secondary N) is 4. The SMILES string of the molecule is CNc1ccc(NC(=O)NCCNc2ccccc2)cc1. The minimum absolute atomic E-state index is 0.206. The summed E-state index contributed by atoms with van der Waals surface area (Å²) in [7, 11) is 1.86. The molecule has 0 fully saturated rings. The van der Waals surface area contributed by atoms with E-state index in [1.54, 1.807) is 0 Å². The van der Waals surface area contributed by atoms with Crippen LogP contribution in [-0.4, -0.2) is 26.2 Å². The summed E-state index contributed by atoms with van der Waals surface area (Å²) in [6.07, 6.45) is 0. The van der Waals surface area contributed by atoms with E-state index in [1.807, 2.05) is 61.6 Å². The van der Waals surface area contributed by atoms with Crippen molar-refractivity contribution in [3.63, 3.8) is 0 Å². The molecule has 0 heterocycles. The first-order chi connectivity index (χ1) is 10.3. The Labute approximate surface area is 124 Å². The lowest BCUT2D eigenvalue weighted by atomic mass is 10.3. The van der Waals surface area contributed by atoms with Gasteiger partial charge in [-0.05, 0) is 36.4 Å². The molecule has 21 heavy (non-hydrogen) atoms. The normalized spacial score (nSPS) is 9.76. The van der Waals surface area contributed by atoms with Gasteiger partial charge in [-0.15, -0.1) is 0 Å². The van der Waals surface area contributed by atoms with Crippen molar-refractivity contribution in [1.82, 2.24) is 5.32 Å². The van der Waals surface area contributed by atoms with Gasteiger partial charge in [-0.25, -0.2) is 4.79 Å². The molecule has 0 aliphatic carbocycles. The maximum atomic E-state index is 11.7. The first-order valence-corrected chi connectivity index (χ1v) is 6.89. The molecule has 0 saturated heterocycles. The topological polar surface area (TPSA) is 65.2 Å². The van der Waals surface area contributed by atoms with Crippen LogP contribution in [0.4, 0.5) is 21.9 Å². The van der Waals surface area contributed by atoms with Crippen molar-refractivity contribution in [3.05, 3.63) is 54.6 Å². The predicted octanol–water partition coefficient (Wildman–Crippen LogP) is 2.96. The number of carbonyl (C=O) groups excluding carboxylic acids is 1. The lowest BCUT2D eigenvalue weighted by Crippen LogP contribution is -2.32. The van der Waals surface area contributed by atoms with Crippen molar-refractivity contribution in [3.8, 4) is 0 Å². The number of hydrogen-bond acceptors (Lipinski definition) is 3. The number of amides is 2. The molecule has 0 bridgehead atoms. The molecule has 2 aromatic carbocycles. The molecule has 4 N–H and O–H groups in total. The average molecular weight is 284 g/mol. The monoisotopic (exact) mass is 284 g/mol. The summed E-state index contributed by atoms with van der Waals surface area (Å²) in [5.41, 5.74) is 2.82. The van der Waals surface area contributed by atoms with Gasteiger partial charge in [0.15, 0.2) is 0 Å². The summed E-state index contributed by atoms with van der Waals surface area (Å²) in [6, 6.07) is 17.2. The summed E-state index contributed by atoms with van der Waals surface area (Å²) in [5.74, 6) is 0. The third kappa shape index (κ3) is 5.06. The molecule has 0 saturated carbocycles. The molecule has 0 aliphatic heterocycles. The second-order valence-electron chi connectivity index (χ2n) is 4.50. The van der Waals surface area contributed by atoms with E-state index in [1.165, 1.54) is 0 Å². The highest BCUT2D eigenvalue weighted by Crippen LogP contribution is 2.12. The van der Waals surface area contributed by atoms with Crippen molar-refractivity contribution >= 4 is 23.1 Å². The summed E-state index contributed by atoms with van der Waals surface area (Å²) in [6.45, 7) is 1.23. The Balaban J connectivity index is 1.67. The molecule has 2 rings (SSSR count). The largest absolute Gasteiger partial charge is 0.388 e. The molecule has 0 aliphatic rings. The molecular formula is C16H20N4O. The standard InChI is InChI=1S/C16H20N4O/c1-17-13-7-9-15(10-8-13)20-16(21)19-12-11-18-14-5-3-2-4-6-14/h2-10,17-18H,11-12H2,1H3,(H2,19,20,21). The lowest BCUT2D eigenvalue weighted by molar-refractivity contribution is 0.252. The van der Waals surface area contributed by atoms with Crippen LogP contribution in [0.15, 0.2) is 54.6 Å². The molecule has 0 unspecified atom stereocenters. The van der Waals surface area contributed by atoms with E-state index in [4.69, 9.17) is 0 Å². The third-order valence-corrected chi connectivity index (χ3v) is 2.94. The number of benzene rings is 2. The van der Waals surface area contributed by atoms with Crippen LogP contribution in [0.5, 0.6) is 0 Å². The molecule has 0 spiro atoms. The Morgan fingerprint density at radius 1 is 0.857 bits per heavy atom. The van der Waals surface area contributed by atoms with Crippen LogP contribution in [0.25, 0.3) is 0 Å². The van der Waals surface area contributed by atoms with Crippen LogP contribution in [-0.2, 0) is 0 Å². The van der Waals surface area contributed by atoms with Gasteiger partial charge in [0.25, 0.3) is 0 Å². The maximum Gasteiger partial charge on any atom is 0.319 e. The second-order valence-corrected chi connectivity index (χ2v) is 4.50. The zero-order valence-corrected chi connectivity index (χ0v) is 12.0. The van der Waals surface area contributed by atoms with E-state index in [-0.39, 0.29) is 6.03 Å². The summed E-state index contributed by atoms with van der Waals surface area (Å²) in [4.78, 5) is 11.7. The Morgan fingerprint density at radius 3 is 2.19 bits per heavy atom. The smallest absolute Gasteiger partial charge is 0.319 e. The summed E-state index contributed by atoms with van der Waals surface area (Å²) in [5, 5.41) is 11.8. The van der Waals surface area contributed by atoms with E-state index in [0.717, 1.165) is 17.1 Å². The fraction of sp³-hybridized carbons (Fsp3) is 0.188. The molecule has 2 aromatic rings. The Bertz CT molecular complexity index is 554. The van der Waals surface area contributed by atoms with Gasteiger partial charge >= 0.3 is 6.03 Å². The zero-order valence-electron chi connectivity index (χ0n) is 12.0. The molecule has 5 nitrogen and oxygen atoms in total. The second kappa shape index (κ2) is 7.79. The van der Waals surface area contributed by atoms with Crippen LogP contribution in [0.3, 0.4) is 0 Å². The Kier molecular flexibility index (Phi) is 5.46. The fourth-order valence-electron chi connectivity index (χ4n) is 1.83. The van der Waals surface area contributed by atoms with Crippen LogP contribution < -0.4 is 21.3 Å². The molecule has 2 amide bonds. The van der Waals surface area contributed by atoms with Crippen molar-refractivity contribution in [2.24, 2.45) is 0 Å². The summed E-state index contributed by atoms with van der Waals surface area (Å²) >= 11 is 0. The lowest BCUT2D eigenvalue weighted by Gasteiger charge is -2.09. The van der Waals surface area contributed by atoms with Gasteiger partial charge in [0, 0.05) is 37.2 Å². The number of carbonyl (C=O) groups is 1. The van der Waals surface area contributed by atoms with Crippen molar-refractivity contribution < 1.29 is 4.79 Å². The van der Waals surface area contributed by atoms with Crippen molar-refractivity contribution in [2.75, 3.05) is 36.1 Å². The molecular weight excluding hydrogens is 264 g/mol. The van der Waals surface area contributed by atoms with E-state index >= 15 is 0 Å². The highest BCUT2D eigenvalue weighted by Gasteiger charge is 2.00. The number of anilines is 3. The van der Waals surface area contributed by atoms with E-state index in [2.05, 4.69) is 21.3 Å². The van der Waals surface area contributed by atoms with Crippen LogP contribution in [0.2, 0.25) is 0 Å². The first kappa shape index (κ1) is 14.7. The Morgan fingerprint density at radius 2 is 1.52 bits per heavy atom. The number of rotatable bonds is 6. The number of urea groups is 1. The minimum Gasteiger partial charge on any atom is -0.388 e. The van der Waals surface area contributed by atoms with Crippen molar-refractivity contribution in [1.29, 1.82) is 0 Å². The maximum absolute atomic E-state index is 11.7. The van der Waals surface area contributed by atoms with Crippen LogP contribution >= 0.6 is 0 Å². The molecule has 110 valence electrons. The molecule has 0 atom stereocenters. The van der Waals surface area contributed by atoms with E-state index < -0.39 is 0 Å². The average Bonchev–Trinajstić information content (AvgIpc) is 2.53. The van der Waals surface area contributed by atoms with Gasteiger partial charge in [0.2, 0.25) is 0 Å². The Hall–Kier alpha value is -2.69. The van der Waals surface area contributed by atoms with Gasteiger partial charge in [0.1, 0.15) is 0 Å². The zero-order chi connectivity index (χ0) is 14.9. The van der Waals surface area contributed by atoms with Crippen LogP contribution in [0.1, 0.15) is 0 Å². The number of para-hydroxylation sites is 1. The van der Waals surface area contributed by atoms with Gasteiger partial charge in [-0.2, -0.15) is 0 Å². The molecule has 0 radical (unpaired) electrons. The minimum atomic E-state index is -0.206. The van der Waals surface area contributed by atoms with E-state index in [0.29, 0.717) is 13.1 Å². The fourth-order valence-corrected chi connectivity index (χ4v) is 1.83. The first-order valence-electron chi connectivity index (χ1n) is 6.89. The van der Waals surface area contributed by atoms with Gasteiger partial charge < -0.3 is 21.3 Å². The van der Waals surface area contributed by atoms with Gasteiger partial charge in [-0.1, -0.05) is 18.2 Å². The van der Waals surface area contributed by atoms with Crippen molar-refractivity contribution in [2.45, 2.75) is 0 Å².